The predicted octanol–water partition coefficient (Wildman–Crippen LogP) is 4.85. The maximum absolute atomic E-state index is 6.09. The molecule has 1 unspecified atom stereocenters. The highest BCUT2D eigenvalue weighted by molar-refractivity contribution is 9.09. The zero-order valence-electron chi connectivity index (χ0n) is 7.98. The van der Waals surface area contributed by atoms with Crippen LogP contribution >= 0.6 is 39.1 Å². The molecule has 0 aromatic heterocycles. The molecule has 1 nitrogen and oxygen atoms in total. The van der Waals surface area contributed by atoms with Gasteiger partial charge < -0.3 is 4.74 Å². The fourth-order valence-corrected chi connectivity index (χ4v) is 2.21. The Morgan fingerprint density at radius 3 is 2.50 bits per heavy atom. The Morgan fingerprint density at radius 1 is 1.36 bits per heavy atom. The summed E-state index contributed by atoms with van der Waals surface area (Å²) in [5.74, 6) is 0.608. The summed E-state index contributed by atoms with van der Waals surface area (Å²) in [5.41, 5.74) is 1.000. The van der Waals surface area contributed by atoms with E-state index in [1.807, 2.05) is 6.07 Å². The molecule has 0 heterocycles. The number of hydrogen-bond donors (Lipinski definition) is 0. The van der Waals surface area contributed by atoms with Crippen LogP contribution in [0.2, 0.25) is 10.0 Å². The van der Waals surface area contributed by atoms with Crippen LogP contribution in [0.1, 0.15) is 23.7 Å². The molecule has 1 aromatic rings. The SMILES string of the molecule is CCC(Br)c1cc(Cl)c(OC)cc1Cl. The molecule has 0 saturated heterocycles. The third-order valence-corrected chi connectivity index (χ3v) is 3.73. The molecule has 1 atom stereocenters. The van der Waals surface area contributed by atoms with E-state index in [2.05, 4.69) is 22.9 Å². The molecular weight excluding hydrogens is 287 g/mol. The molecule has 0 fully saturated rings. The first-order chi connectivity index (χ1) is 6.60. The van der Waals surface area contributed by atoms with Crippen molar-refractivity contribution < 1.29 is 4.74 Å². The smallest absolute Gasteiger partial charge is 0.138 e. The van der Waals surface area contributed by atoms with Crippen molar-refractivity contribution >= 4 is 39.1 Å². The molecule has 0 spiro atoms. The van der Waals surface area contributed by atoms with E-state index in [9.17, 15) is 0 Å². The van der Waals surface area contributed by atoms with Crippen LogP contribution in [0, 0.1) is 0 Å². The topological polar surface area (TPSA) is 9.23 Å². The van der Waals surface area contributed by atoms with Gasteiger partial charge in [-0.2, -0.15) is 0 Å². The van der Waals surface area contributed by atoms with Gasteiger partial charge >= 0.3 is 0 Å². The molecular formula is C10H11BrCl2O. The highest BCUT2D eigenvalue weighted by Crippen LogP contribution is 2.38. The van der Waals surface area contributed by atoms with Gasteiger partial charge in [0.05, 0.1) is 12.1 Å². The fraction of sp³-hybridized carbons (Fsp3) is 0.400. The molecule has 1 rings (SSSR count). The lowest BCUT2D eigenvalue weighted by Crippen LogP contribution is -1.92. The summed E-state index contributed by atoms with van der Waals surface area (Å²) in [7, 11) is 1.57. The van der Waals surface area contributed by atoms with Crippen LogP contribution in [-0.2, 0) is 0 Å². The highest BCUT2D eigenvalue weighted by atomic mass is 79.9. The summed E-state index contributed by atoms with van der Waals surface area (Å²) in [6, 6.07) is 3.58. The molecule has 0 radical (unpaired) electrons. The lowest BCUT2D eigenvalue weighted by atomic mass is 10.1. The first-order valence-corrected chi connectivity index (χ1v) is 5.94. The van der Waals surface area contributed by atoms with Crippen molar-refractivity contribution in [2.45, 2.75) is 18.2 Å². The van der Waals surface area contributed by atoms with Crippen molar-refractivity contribution in [3.05, 3.63) is 27.7 Å². The molecule has 0 aliphatic rings. The average molecular weight is 298 g/mol. The van der Waals surface area contributed by atoms with Crippen molar-refractivity contribution in [2.75, 3.05) is 7.11 Å². The number of benzene rings is 1. The fourth-order valence-electron chi connectivity index (χ4n) is 1.16. The van der Waals surface area contributed by atoms with E-state index < -0.39 is 0 Å². The zero-order chi connectivity index (χ0) is 10.7. The molecule has 0 saturated carbocycles. The van der Waals surface area contributed by atoms with Gasteiger partial charge in [0, 0.05) is 15.9 Å². The molecule has 0 bridgehead atoms. The average Bonchev–Trinajstić information content (AvgIpc) is 2.19. The summed E-state index contributed by atoms with van der Waals surface area (Å²) in [6.07, 6.45) is 0.961. The van der Waals surface area contributed by atoms with Crippen LogP contribution < -0.4 is 4.74 Å². The number of hydrogen-bond acceptors (Lipinski definition) is 1. The standard InChI is InChI=1S/C10H11BrCl2O/c1-3-7(11)6-4-9(13)10(14-2)5-8(6)12/h4-5,7H,3H2,1-2H3. The second-order valence-electron chi connectivity index (χ2n) is 2.88. The van der Waals surface area contributed by atoms with Crippen molar-refractivity contribution in [1.29, 1.82) is 0 Å². The van der Waals surface area contributed by atoms with Crippen LogP contribution in [0.15, 0.2) is 12.1 Å². The van der Waals surface area contributed by atoms with Gasteiger partial charge in [-0.25, -0.2) is 0 Å². The molecule has 0 N–H and O–H groups in total. The molecule has 14 heavy (non-hydrogen) atoms. The van der Waals surface area contributed by atoms with Crippen LogP contribution in [0.4, 0.5) is 0 Å². The summed E-state index contributed by atoms with van der Waals surface area (Å²) in [5, 5.41) is 1.26. The minimum Gasteiger partial charge on any atom is -0.495 e. The van der Waals surface area contributed by atoms with Gasteiger partial charge in [-0.05, 0) is 18.1 Å². The minimum absolute atomic E-state index is 0.235. The van der Waals surface area contributed by atoms with E-state index in [-0.39, 0.29) is 4.83 Å². The van der Waals surface area contributed by atoms with Gasteiger partial charge in [0.1, 0.15) is 5.75 Å². The second-order valence-corrected chi connectivity index (χ2v) is 4.80. The van der Waals surface area contributed by atoms with Gasteiger partial charge in [0.15, 0.2) is 0 Å². The first-order valence-electron chi connectivity index (χ1n) is 4.27. The van der Waals surface area contributed by atoms with Crippen molar-refractivity contribution in [3.8, 4) is 5.75 Å². The Morgan fingerprint density at radius 2 is 2.00 bits per heavy atom. The van der Waals surface area contributed by atoms with E-state index in [1.54, 1.807) is 13.2 Å². The Balaban J connectivity index is 3.14. The number of methoxy groups -OCH3 is 1. The van der Waals surface area contributed by atoms with Gasteiger partial charge in [-0.1, -0.05) is 46.1 Å². The Labute approximate surface area is 102 Å². The number of alkyl halides is 1. The van der Waals surface area contributed by atoms with Crippen LogP contribution in [0.25, 0.3) is 0 Å². The lowest BCUT2D eigenvalue weighted by Gasteiger charge is -2.12. The number of halogens is 3. The van der Waals surface area contributed by atoms with Gasteiger partial charge in [0.25, 0.3) is 0 Å². The van der Waals surface area contributed by atoms with Crippen molar-refractivity contribution in [2.24, 2.45) is 0 Å². The summed E-state index contributed by atoms with van der Waals surface area (Å²) in [4.78, 5) is 0.235. The van der Waals surface area contributed by atoms with Gasteiger partial charge in [0.2, 0.25) is 0 Å². The number of ether oxygens (including phenoxy) is 1. The van der Waals surface area contributed by atoms with E-state index in [1.165, 1.54) is 0 Å². The summed E-state index contributed by atoms with van der Waals surface area (Å²) >= 11 is 15.6. The molecule has 0 aliphatic carbocycles. The van der Waals surface area contributed by atoms with Crippen molar-refractivity contribution in [1.82, 2.24) is 0 Å². The Hall–Kier alpha value is 0.0800. The van der Waals surface area contributed by atoms with Crippen LogP contribution in [-0.4, -0.2) is 7.11 Å². The lowest BCUT2D eigenvalue weighted by molar-refractivity contribution is 0.415. The Bertz CT molecular complexity index is 328. The predicted molar refractivity (Wildman–Crippen MR) is 65.0 cm³/mol. The van der Waals surface area contributed by atoms with Gasteiger partial charge in [-0.3, -0.25) is 0 Å². The highest BCUT2D eigenvalue weighted by Gasteiger charge is 2.13. The first kappa shape index (κ1) is 12.2. The molecule has 1 aromatic carbocycles. The molecule has 0 amide bonds. The van der Waals surface area contributed by atoms with E-state index >= 15 is 0 Å². The quantitative estimate of drug-likeness (QED) is 0.725. The van der Waals surface area contributed by atoms with Crippen molar-refractivity contribution in [3.63, 3.8) is 0 Å². The van der Waals surface area contributed by atoms with E-state index in [0.717, 1.165) is 12.0 Å². The van der Waals surface area contributed by atoms with E-state index in [4.69, 9.17) is 27.9 Å². The summed E-state index contributed by atoms with van der Waals surface area (Å²) < 4.78 is 5.06. The maximum atomic E-state index is 6.09. The third kappa shape index (κ3) is 2.56. The van der Waals surface area contributed by atoms with E-state index in [0.29, 0.717) is 15.8 Å². The zero-order valence-corrected chi connectivity index (χ0v) is 11.1. The van der Waals surface area contributed by atoms with Crippen LogP contribution in [0.3, 0.4) is 0 Å². The number of rotatable bonds is 3. The molecule has 4 heteroatoms. The van der Waals surface area contributed by atoms with Gasteiger partial charge in [-0.15, -0.1) is 0 Å². The third-order valence-electron chi connectivity index (χ3n) is 1.97. The largest absolute Gasteiger partial charge is 0.495 e. The molecule has 0 aliphatic heterocycles. The van der Waals surface area contributed by atoms with Crippen LogP contribution in [0.5, 0.6) is 5.75 Å². The molecule has 78 valence electrons. The maximum Gasteiger partial charge on any atom is 0.138 e. The monoisotopic (exact) mass is 296 g/mol. The second kappa shape index (κ2) is 5.24. The normalized spacial score (nSPS) is 12.6. The minimum atomic E-state index is 0.235. The Kier molecular flexibility index (Phi) is 4.55. The summed E-state index contributed by atoms with van der Waals surface area (Å²) in [6.45, 7) is 2.08.